The van der Waals surface area contributed by atoms with Crippen molar-refractivity contribution in [1.29, 1.82) is 0 Å². The Kier molecular flexibility index (Phi) is 5.57. The molecule has 2 heterocycles. The molecule has 5 heteroatoms. The third kappa shape index (κ3) is 3.73. The number of anilines is 1. The molecule has 138 valence electrons. The van der Waals surface area contributed by atoms with Gasteiger partial charge in [0.1, 0.15) is 5.82 Å². The lowest BCUT2D eigenvalue weighted by Crippen LogP contribution is -2.33. The van der Waals surface area contributed by atoms with Crippen molar-refractivity contribution in [2.24, 2.45) is 5.73 Å². The highest BCUT2D eigenvalue weighted by atomic mass is 16.2. The molecule has 1 amide bonds. The summed E-state index contributed by atoms with van der Waals surface area (Å²) in [6.07, 6.45) is 1.68. The van der Waals surface area contributed by atoms with Gasteiger partial charge < -0.3 is 15.5 Å². The molecule has 26 heavy (non-hydrogen) atoms. The molecule has 0 bridgehead atoms. The quantitative estimate of drug-likeness (QED) is 0.899. The Labute approximate surface area is 155 Å². The fraction of sp³-hybridized carbons (Fsp3) is 0.429. The smallest absolute Gasteiger partial charge is 0.255 e. The van der Waals surface area contributed by atoms with Crippen molar-refractivity contribution in [3.05, 3.63) is 59.8 Å². The van der Waals surface area contributed by atoms with Crippen LogP contribution in [0.4, 0.5) is 5.82 Å². The number of rotatable bonds is 5. The van der Waals surface area contributed by atoms with Crippen molar-refractivity contribution in [1.82, 2.24) is 9.88 Å². The standard InChI is InChI=1S/C21H28N4O/c1-4-25(15(2)3)20-11-10-17(12-23-20)21(26)24-13-18(19(22)14-24)16-8-6-5-7-9-16/h5-12,15,18-19H,4,13-14,22H2,1-3H3/t18-,19+/m0/s1. The van der Waals surface area contributed by atoms with E-state index in [-0.39, 0.29) is 17.9 Å². The molecule has 1 aliphatic rings. The Morgan fingerprint density at radius 2 is 1.96 bits per heavy atom. The SMILES string of the molecule is CCN(c1ccc(C(=O)N2C[C@@H](N)[C@H](c3ccccc3)C2)cn1)C(C)C. The molecule has 0 spiro atoms. The van der Waals surface area contributed by atoms with Crippen LogP contribution in [0.5, 0.6) is 0 Å². The first-order valence-electron chi connectivity index (χ1n) is 9.33. The minimum atomic E-state index is -0.0369. The normalized spacial score (nSPS) is 19.8. The first-order valence-corrected chi connectivity index (χ1v) is 9.33. The van der Waals surface area contributed by atoms with Gasteiger partial charge in [-0.15, -0.1) is 0 Å². The van der Waals surface area contributed by atoms with Crippen LogP contribution < -0.4 is 10.6 Å². The van der Waals surface area contributed by atoms with Crippen LogP contribution in [0.3, 0.4) is 0 Å². The van der Waals surface area contributed by atoms with Gasteiger partial charge in [-0.25, -0.2) is 4.98 Å². The summed E-state index contributed by atoms with van der Waals surface area (Å²) >= 11 is 0. The summed E-state index contributed by atoms with van der Waals surface area (Å²) in [6, 6.07) is 14.3. The monoisotopic (exact) mass is 352 g/mol. The van der Waals surface area contributed by atoms with E-state index in [9.17, 15) is 4.79 Å². The van der Waals surface area contributed by atoms with Crippen molar-refractivity contribution < 1.29 is 4.79 Å². The summed E-state index contributed by atoms with van der Waals surface area (Å²) in [5.41, 5.74) is 8.13. The third-order valence-corrected chi connectivity index (χ3v) is 5.13. The Morgan fingerprint density at radius 1 is 1.23 bits per heavy atom. The van der Waals surface area contributed by atoms with Crippen LogP contribution in [0, 0.1) is 0 Å². The molecule has 0 saturated carbocycles. The van der Waals surface area contributed by atoms with Crippen molar-refractivity contribution in [2.75, 3.05) is 24.5 Å². The van der Waals surface area contributed by atoms with E-state index in [2.05, 4.69) is 42.8 Å². The summed E-state index contributed by atoms with van der Waals surface area (Å²) in [4.78, 5) is 21.4. The number of carbonyl (C=O) groups excluding carboxylic acids is 1. The molecule has 0 aliphatic carbocycles. The Hall–Kier alpha value is -2.40. The zero-order valence-corrected chi connectivity index (χ0v) is 15.8. The van der Waals surface area contributed by atoms with Crippen LogP contribution in [0.2, 0.25) is 0 Å². The number of pyridine rings is 1. The van der Waals surface area contributed by atoms with Crippen molar-refractivity contribution in [3.63, 3.8) is 0 Å². The first kappa shape index (κ1) is 18.4. The van der Waals surface area contributed by atoms with Crippen LogP contribution in [0.15, 0.2) is 48.7 Å². The second-order valence-electron chi connectivity index (χ2n) is 7.18. The summed E-state index contributed by atoms with van der Waals surface area (Å²) in [7, 11) is 0. The van der Waals surface area contributed by atoms with Gasteiger partial charge in [0.2, 0.25) is 0 Å². The van der Waals surface area contributed by atoms with Gasteiger partial charge in [-0.2, -0.15) is 0 Å². The Morgan fingerprint density at radius 3 is 2.54 bits per heavy atom. The molecule has 3 rings (SSSR count). The lowest BCUT2D eigenvalue weighted by Gasteiger charge is -2.26. The molecule has 1 fully saturated rings. The molecule has 1 saturated heterocycles. The van der Waals surface area contributed by atoms with Gasteiger partial charge in [-0.05, 0) is 38.5 Å². The van der Waals surface area contributed by atoms with Crippen molar-refractivity contribution in [2.45, 2.75) is 38.8 Å². The topological polar surface area (TPSA) is 62.5 Å². The summed E-state index contributed by atoms with van der Waals surface area (Å²) in [5.74, 6) is 1.09. The molecular weight excluding hydrogens is 324 g/mol. The number of benzene rings is 1. The number of nitrogens with zero attached hydrogens (tertiary/aromatic N) is 3. The molecule has 0 unspecified atom stereocenters. The lowest BCUT2D eigenvalue weighted by molar-refractivity contribution is 0.0789. The molecule has 2 aromatic rings. The number of aromatic nitrogens is 1. The van der Waals surface area contributed by atoms with Crippen LogP contribution in [-0.2, 0) is 0 Å². The maximum atomic E-state index is 12.9. The van der Waals surface area contributed by atoms with Gasteiger partial charge in [0.15, 0.2) is 0 Å². The van der Waals surface area contributed by atoms with Crippen LogP contribution in [0.25, 0.3) is 0 Å². The maximum absolute atomic E-state index is 12.9. The largest absolute Gasteiger partial charge is 0.354 e. The number of hydrogen-bond donors (Lipinski definition) is 1. The fourth-order valence-corrected chi connectivity index (χ4v) is 3.70. The molecule has 1 aromatic heterocycles. The van der Waals surface area contributed by atoms with E-state index in [4.69, 9.17) is 5.73 Å². The number of likely N-dealkylation sites (tertiary alicyclic amines) is 1. The second kappa shape index (κ2) is 7.87. The summed E-state index contributed by atoms with van der Waals surface area (Å²) < 4.78 is 0. The Balaban J connectivity index is 1.72. The van der Waals surface area contributed by atoms with Crippen LogP contribution in [0.1, 0.15) is 42.6 Å². The average molecular weight is 352 g/mol. The highest BCUT2D eigenvalue weighted by Gasteiger charge is 2.34. The highest BCUT2D eigenvalue weighted by Crippen LogP contribution is 2.27. The second-order valence-corrected chi connectivity index (χ2v) is 7.18. The van der Waals surface area contributed by atoms with Crippen molar-refractivity contribution in [3.8, 4) is 0 Å². The number of nitrogens with two attached hydrogens (primary N) is 1. The van der Waals surface area contributed by atoms with E-state index in [1.165, 1.54) is 5.56 Å². The van der Waals surface area contributed by atoms with Gasteiger partial charge in [-0.1, -0.05) is 30.3 Å². The molecule has 2 atom stereocenters. The van der Waals surface area contributed by atoms with E-state index in [0.29, 0.717) is 24.7 Å². The molecule has 0 radical (unpaired) electrons. The lowest BCUT2D eigenvalue weighted by atomic mass is 9.95. The van der Waals surface area contributed by atoms with Gasteiger partial charge in [-0.3, -0.25) is 4.79 Å². The third-order valence-electron chi connectivity index (χ3n) is 5.13. The zero-order valence-electron chi connectivity index (χ0n) is 15.8. The fourth-order valence-electron chi connectivity index (χ4n) is 3.70. The maximum Gasteiger partial charge on any atom is 0.255 e. The predicted octanol–water partition coefficient (Wildman–Crippen LogP) is 2.88. The number of hydrogen-bond acceptors (Lipinski definition) is 4. The number of carbonyl (C=O) groups is 1. The first-order chi connectivity index (χ1) is 12.5. The average Bonchev–Trinajstić information content (AvgIpc) is 3.04. The number of amides is 1. The van der Waals surface area contributed by atoms with Gasteiger partial charge >= 0.3 is 0 Å². The van der Waals surface area contributed by atoms with Gasteiger partial charge in [0.25, 0.3) is 5.91 Å². The predicted molar refractivity (Wildman–Crippen MR) is 105 cm³/mol. The van der Waals surface area contributed by atoms with Gasteiger partial charge in [0, 0.05) is 43.8 Å². The molecule has 1 aromatic carbocycles. The van der Waals surface area contributed by atoms with E-state index in [1.807, 2.05) is 35.2 Å². The minimum absolute atomic E-state index is 0.00512. The molecule has 5 nitrogen and oxygen atoms in total. The molecule has 1 aliphatic heterocycles. The van der Waals surface area contributed by atoms with Gasteiger partial charge in [0.05, 0.1) is 5.56 Å². The molecule has 2 N–H and O–H groups in total. The van der Waals surface area contributed by atoms with E-state index < -0.39 is 0 Å². The molecular formula is C21H28N4O. The summed E-state index contributed by atoms with van der Waals surface area (Å²) in [6.45, 7) is 8.50. The van der Waals surface area contributed by atoms with Crippen LogP contribution in [-0.4, -0.2) is 47.5 Å². The van der Waals surface area contributed by atoms with Crippen molar-refractivity contribution >= 4 is 11.7 Å². The zero-order chi connectivity index (χ0) is 18.7. The van der Waals surface area contributed by atoms with E-state index >= 15 is 0 Å². The highest BCUT2D eigenvalue weighted by molar-refractivity contribution is 5.94. The van der Waals surface area contributed by atoms with E-state index in [0.717, 1.165) is 12.4 Å². The Bertz CT molecular complexity index is 729. The summed E-state index contributed by atoms with van der Waals surface area (Å²) in [5, 5.41) is 0. The van der Waals surface area contributed by atoms with Crippen LogP contribution >= 0.6 is 0 Å². The van der Waals surface area contributed by atoms with E-state index in [1.54, 1.807) is 6.20 Å². The minimum Gasteiger partial charge on any atom is -0.354 e.